The second-order valence-corrected chi connectivity index (χ2v) is 8.95. The molecule has 4 rings (SSSR count). The van der Waals surface area contributed by atoms with Crippen LogP contribution < -0.4 is 20.8 Å². The second kappa shape index (κ2) is 8.63. The number of thiazole rings is 1. The monoisotopic (exact) mass is 477 g/mol. The standard InChI is InChI=1S/C18H19N7O5S2/c1-23-4-3-5-24(23)6-9-7-31-16-12(15(27)25(16)13(9)17(28)29)21-14(26)11(22-30-2)10-8-32-18(19)20-10/h3-5,8,12,16H,6-7H2,1-2H3,(H3-,19,20,21,26,28,29)/t12-,16-/m1/s1. The molecule has 1 fully saturated rings. The lowest BCUT2D eigenvalue weighted by Crippen LogP contribution is -2.71. The number of hydrogen-bond donors (Lipinski definition) is 2. The summed E-state index contributed by atoms with van der Waals surface area (Å²) in [5.74, 6) is -2.29. The van der Waals surface area contributed by atoms with E-state index in [9.17, 15) is 19.5 Å². The van der Waals surface area contributed by atoms with Crippen LogP contribution in [0.1, 0.15) is 5.69 Å². The van der Waals surface area contributed by atoms with Crippen molar-refractivity contribution >= 4 is 51.7 Å². The number of nitrogens with two attached hydrogens (primary N) is 1. The summed E-state index contributed by atoms with van der Waals surface area (Å²) in [5.41, 5.74) is 6.09. The number of carbonyl (C=O) groups excluding carboxylic acids is 3. The van der Waals surface area contributed by atoms with Crippen molar-refractivity contribution in [2.75, 3.05) is 18.6 Å². The van der Waals surface area contributed by atoms with E-state index in [2.05, 4.69) is 15.5 Å². The molecule has 12 nitrogen and oxygen atoms in total. The van der Waals surface area contributed by atoms with Gasteiger partial charge in [-0.15, -0.1) is 27.8 Å². The fourth-order valence-electron chi connectivity index (χ4n) is 3.51. The molecule has 0 radical (unpaired) electrons. The number of hydrogen-bond acceptors (Lipinski definition) is 10. The lowest BCUT2D eigenvalue weighted by molar-refractivity contribution is -0.752. The first-order valence-corrected chi connectivity index (χ1v) is 11.3. The van der Waals surface area contributed by atoms with Crippen molar-refractivity contribution in [3.63, 3.8) is 0 Å². The topological polar surface area (TPSA) is 159 Å². The van der Waals surface area contributed by atoms with Gasteiger partial charge in [-0.2, -0.15) is 4.68 Å². The summed E-state index contributed by atoms with van der Waals surface area (Å²) in [6, 6.07) is 0.900. The van der Waals surface area contributed by atoms with Gasteiger partial charge in [-0.25, -0.2) is 4.98 Å². The molecule has 32 heavy (non-hydrogen) atoms. The number of β-lactam (4-membered cyclic amide) rings is 1. The number of fused-ring (bicyclic) bond motifs is 1. The molecule has 0 aromatic carbocycles. The molecule has 0 bridgehead atoms. The van der Waals surface area contributed by atoms with Crippen LogP contribution in [-0.4, -0.2) is 62.3 Å². The Hall–Kier alpha value is -3.39. The Kier molecular flexibility index (Phi) is 5.88. The van der Waals surface area contributed by atoms with Gasteiger partial charge in [-0.1, -0.05) is 5.16 Å². The number of nitrogen functional groups attached to an aromatic ring is 1. The summed E-state index contributed by atoms with van der Waals surface area (Å²) >= 11 is 2.49. The van der Waals surface area contributed by atoms with E-state index in [1.807, 2.05) is 24.0 Å². The number of carboxylic acids is 1. The van der Waals surface area contributed by atoms with E-state index >= 15 is 0 Å². The van der Waals surface area contributed by atoms with E-state index in [0.29, 0.717) is 17.9 Å². The highest BCUT2D eigenvalue weighted by Gasteiger charge is 2.53. The average Bonchev–Trinajstić information content (AvgIpc) is 3.37. The molecule has 3 N–H and O–H groups in total. The first kappa shape index (κ1) is 21.8. The van der Waals surface area contributed by atoms with Gasteiger partial charge in [0.05, 0.1) is 17.9 Å². The number of aryl methyl sites for hydroxylation is 1. The number of anilines is 1. The number of aromatic nitrogens is 3. The summed E-state index contributed by atoms with van der Waals surface area (Å²) in [5, 5.41) is 19.4. The number of nitrogens with zero attached hydrogens (tertiary/aromatic N) is 5. The van der Waals surface area contributed by atoms with Crippen LogP contribution in [0.15, 0.2) is 40.3 Å². The minimum atomic E-state index is -1.43. The lowest BCUT2D eigenvalue weighted by atomic mass is 10.0. The first-order chi connectivity index (χ1) is 15.3. The van der Waals surface area contributed by atoms with Gasteiger partial charge in [0.2, 0.25) is 0 Å². The number of aliphatic carboxylic acids is 1. The largest absolute Gasteiger partial charge is 0.543 e. The maximum atomic E-state index is 12.8. The number of oxime groups is 1. The van der Waals surface area contributed by atoms with Gasteiger partial charge in [0.1, 0.15) is 30.8 Å². The predicted octanol–water partition coefficient (Wildman–Crippen LogP) is -2.19. The molecule has 0 unspecified atom stereocenters. The zero-order valence-corrected chi connectivity index (χ0v) is 18.7. The van der Waals surface area contributed by atoms with Crippen molar-refractivity contribution in [3.05, 3.63) is 40.8 Å². The molecule has 4 heterocycles. The Labute approximate surface area is 190 Å². The summed E-state index contributed by atoms with van der Waals surface area (Å²) in [6.07, 6.45) is 3.63. The number of thioether (sulfide) groups is 1. The van der Waals surface area contributed by atoms with E-state index in [0.717, 1.165) is 11.3 Å². The molecule has 0 saturated carbocycles. The molecule has 2 aromatic rings. The van der Waals surface area contributed by atoms with Crippen LogP contribution in [0.5, 0.6) is 0 Å². The minimum absolute atomic E-state index is 0.135. The van der Waals surface area contributed by atoms with E-state index in [1.165, 1.54) is 23.8 Å². The molecule has 2 aliphatic rings. The molecular weight excluding hydrogens is 458 g/mol. The minimum Gasteiger partial charge on any atom is -0.543 e. The quantitative estimate of drug-likeness (QED) is 0.197. The molecule has 168 valence electrons. The molecule has 14 heteroatoms. The van der Waals surface area contributed by atoms with Crippen LogP contribution in [-0.2, 0) is 32.8 Å². The zero-order chi connectivity index (χ0) is 23.0. The SMILES string of the molecule is CON=C(C(=O)N[C@@H]1C(=O)N2C(C(=O)[O-])=C(Cn3ccc[n+]3C)CS[C@H]12)c1csc(N)n1. The van der Waals surface area contributed by atoms with Crippen LogP contribution in [0, 0.1) is 0 Å². The van der Waals surface area contributed by atoms with Crippen LogP contribution in [0.2, 0.25) is 0 Å². The molecule has 2 aliphatic heterocycles. The number of rotatable bonds is 7. The van der Waals surface area contributed by atoms with Crippen molar-refractivity contribution in [1.29, 1.82) is 0 Å². The van der Waals surface area contributed by atoms with Crippen LogP contribution >= 0.6 is 23.1 Å². The van der Waals surface area contributed by atoms with Gasteiger partial charge in [0.15, 0.2) is 24.1 Å². The van der Waals surface area contributed by atoms with E-state index < -0.39 is 29.2 Å². The molecule has 1 saturated heterocycles. The Morgan fingerprint density at radius 1 is 1.50 bits per heavy atom. The van der Waals surface area contributed by atoms with E-state index in [1.54, 1.807) is 16.3 Å². The van der Waals surface area contributed by atoms with Crippen molar-refractivity contribution in [2.45, 2.75) is 18.0 Å². The van der Waals surface area contributed by atoms with Gasteiger partial charge in [0, 0.05) is 17.2 Å². The maximum absolute atomic E-state index is 12.8. The normalized spacial score (nSPS) is 20.6. The number of nitrogens with one attached hydrogen (secondary N) is 1. The number of carbonyl (C=O) groups is 3. The highest BCUT2D eigenvalue weighted by atomic mass is 32.2. The maximum Gasteiger partial charge on any atom is 0.276 e. The molecule has 2 aromatic heterocycles. The van der Waals surface area contributed by atoms with Crippen molar-refractivity contribution in [2.24, 2.45) is 12.2 Å². The van der Waals surface area contributed by atoms with Crippen molar-refractivity contribution < 1.29 is 29.0 Å². The predicted molar refractivity (Wildman–Crippen MR) is 113 cm³/mol. The third-order valence-corrected chi connectivity index (χ3v) is 7.02. The van der Waals surface area contributed by atoms with Crippen LogP contribution in [0.4, 0.5) is 5.13 Å². The van der Waals surface area contributed by atoms with Gasteiger partial charge >= 0.3 is 0 Å². The molecule has 0 aliphatic carbocycles. The van der Waals surface area contributed by atoms with Crippen LogP contribution in [0.3, 0.4) is 0 Å². The Balaban J connectivity index is 1.54. The highest BCUT2D eigenvalue weighted by molar-refractivity contribution is 8.00. The van der Waals surface area contributed by atoms with Crippen LogP contribution in [0.25, 0.3) is 0 Å². The van der Waals surface area contributed by atoms with Crippen molar-refractivity contribution in [1.82, 2.24) is 19.9 Å². The molecule has 0 spiro atoms. The number of amides is 2. The molecule has 2 atom stereocenters. The Morgan fingerprint density at radius 2 is 2.28 bits per heavy atom. The van der Waals surface area contributed by atoms with E-state index in [4.69, 9.17) is 10.6 Å². The summed E-state index contributed by atoms with van der Waals surface area (Å²) in [7, 11) is 3.10. The fourth-order valence-corrected chi connectivity index (χ4v) is 5.39. The Morgan fingerprint density at radius 3 is 2.88 bits per heavy atom. The van der Waals surface area contributed by atoms with Gasteiger partial charge < -0.3 is 25.8 Å². The summed E-state index contributed by atoms with van der Waals surface area (Å²) < 4.78 is 3.62. The van der Waals surface area contributed by atoms with Gasteiger partial charge in [0.25, 0.3) is 11.8 Å². The molecule has 2 amide bonds. The third-order valence-electron chi connectivity index (χ3n) is 5.01. The number of carboxylic acid groups (broad SMARTS) is 1. The fraction of sp³-hybridized carbons (Fsp3) is 0.333. The van der Waals surface area contributed by atoms with Gasteiger partial charge in [-0.3, -0.25) is 14.5 Å². The Bertz CT molecular complexity index is 1150. The molecular formula is C18H19N7O5S2. The average molecular weight is 478 g/mol. The summed E-state index contributed by atoms with van der Waals surface area (Å²) in [4.78, 5) is 47.4. The first-order valence-electron chi connectivity index (χ1n) is 9.34. The second-order valence-electron chi connectivity index (χ2n) is 6.96. The highest BCUT2D eigenvalue weighted by Crippen LogP contribution is 2.40. The summed E-state index contributed by atoms with van der Waals surface area (Å²) in [6.45, 7) is 0.295. The smallest absolute Gasteiger partial charge is 0.276 e. The lowest BCUT2D eigenvalue weighted by Gasteiger charge is -2.50. The van der Waals surface area contributed by atoms with E-state index in [-0.39, 0.29) is 22.2 Å². The van der Waals surface area contributed by atoms with Crippen molar-refractivity contribution in [3.8, 4) is 0 Å². The third kappa shape index (κ3) is 3.82. The van der Waals surface area contributed by atoms with Gasteiger partial charge in [-0.05, 0) is 5.57 Å². The zero-order valence-electron chi connectivity index (χ0n) is 17.0.